The number of phenols is 1. The van der Waals surface area contributed by atoms with Gasteiger partial charge in [-0.1, -0.05) is 0 Å². The highest BCUT2D eigenvalue weighted by Crippen LogP contribution is 2.38. The van der Waals surface area contributed by atoms with Gasteiger partial charge in [0.15, 0.2) is 28.8 Å². The maximum atomic E-state index is 13.9. The molecule has 0 fully saturated rings. The fraction of sp³-hybridized carbons (Fsp3) is 0.100. The minimum Gasteiger partial charge on any atom is -0.505 e. The van der Waals surface area contributed by atoms with Gasteiger partial charge in [-0.15, -0.1) is 0 Å². The average molecular weight is 411 g/mol. The number of hydrogen-bond acceptors (Lipinski definition) is 6. The lowest BCUT2D eigenvalue weighted by molar-refractivity contribution is 0.0937. The highest BCUT2D eigenvalue weighted by molar-refractivity contribution is 6.05. The Morgan fingerprint density at radius 3 is 2.70 bits per heavy atom. The third kappa shape index (κ3) is 2.53. The number of anilines is 1. The third-order valence-electron chi connectivity index (χ3n) is 5.14. The average Bonchev–Trinajstić information content (AvgIpc) is 3.24. The number of carbonyl (C=O) groups is 1. The fourth-order valence-corrected chi connectivity index (χ4v) is 3.78. The number of Topliss-reactive ketones (excluding diaryl/α,β-unsaturated/α-hetero) is 1. The molecule has 0 saturated carbocycles. The molecular formula is C20H12F3N5O2. The number of nitrogens with two attached hydrogens (primary N) is 1. The van der Waals surface area contributed by atoms with E-state index in [-0.39, 0.29) is 40.3 Å². The van der Waals surface area contributed by atoms with Gasteiger partial charge >= 0.3 is 0 Å². The number of aromatic nitrogens is 4. The Balaban J connectivity index is 1.72. The van der Waals surface area contributed by atoms with Crippen molar-refractivity contribution in [1.29, 1.82) is 0 Å². The summed E-state index contributed by atoms with van der Waals surface area (Å²) in [5.41, 5.74) is 7.20. The number of benzene rings is 2. The summed E-state index contributed by atoms with van der Waals surface area (Å²) < 4.78 is 42.3. The van der Waals surface area contributed by atoms with Crippen LogP contribution in [0.25, 0.3) is 22.3 Å². The number of nitrogen functional groups attached to an aromatic ring is 1. The van der Waals surface area contributed by atoms with Crippen molar-refractivity contribution in [2.24, 2.45) is 0 Å². The van der Waals surface area contributed by atoms with Crippen LogP contribution in [-0.4, -0.2) is 30.6 Å². The van der Waals surface area contributed by atoms with Crippen LogP contribution in [0.2, 0.25) is 0 Å². The first-order valence-electron chi connectivity index (χ1n) is 8.85. The van der Waals surface area contributed by atoms with E-state index >= 15 is 0 Å². The molecule has 0 amide bonds. The molecule has 4 aromatic rings. The van der Waals surface area contributed by atoms with E-state index in [2.05, 4.69) is 15.1 Å². The van der Waals surface area contributed by atoms with E-state index in [1.54, 1.807) is 0 Å². The van der Waals surface area contributed by atoms with E-state index in [0.29, 0.717) is 11.1 Å². The number of fused-ring (bicyclic) bond motifs is 2. The van der Waals surface area contributed by atoms with Crippen LogP contribution >= 0.6 is 0 Å². The third-order valence-corrected chi connectivity index (χ3v) is 5.14. The van der Waals surface area contributed by atoms with Crippen LogP contribution in [0.4, 0.5) is 19.0 Å². The molecule has 3 N–H and O–H groups in total. The topological polar surface area (TPSA) is 107 Å². The number of rotatable bonds is 2. The zero-order valence-electron chi connectivity index (χ0n) is 15.1. The SMILES string of the molecule is Nc1ncnc2c1c(-c1cc(O)c(F)c(F)c1)nn2C1Cc2cc(F)ccc2C1=O. The molecule has 30 heavy (non-hydrogen) atoms. The van der Waals surface area contributed by atoms with Crippen LogP contribution in [0.1, 0.15) is 22.0 Å². The first-order chi connectivity index (χ1) is 14.3. The Hall–Kier alpha value is -3.95. The Bertz CT molecular complexity index is 1350. The molecule has 5 rings (SSSR count). The van der Waals surface area contributed by atoms with E-state index in [1.807, 2.05) is 0 Å². The molecule has 0 bridgehead atoms. The van der Waals surface area contributed by atoms with Crippen molar-refractivity contribution in [2.75, 3.05) is 5.73 Å². The van der Waals surface area contributed by atoms with E-state index in [9.17, 15) is 23.1 Å². The Morgan fingerprint density at radius 2 is 1.93 bits per heavy atom. The molecule has 0 aliphatic heterocycles. The van der Waals surface area contributed by atoms with Gasteiger partial charge in [0.2, 0.25) is 0 Å². The number of aromatic hydroxyl groups is 1. The van der Waals surface area contributed by atoms with Crippen LogP contribution in [0.5, 0.6) is 5.75 Å². The summed E-state index contributed by atoms with van der Waals surface area (Å²) in [6.45, 7) is 0. The lowest BCUT2D eigenvalue weighted by Crippen LogP contribution is -2.17. The molecular weight excluding hydrogens is 399 g/mol. The number of phenolic OH excluding ortho intramolecular Hbond substituents is 1. The van der Waals surface area contributed by atoms with Crippen molar-refractivity contribution in [3.63, 3.8) is 0 Å². The van der Waals surface area contributed by atoms with E-state index in [4.69, 9.17) is 5.73 Å². The van der Waals surface area contributed by atoms with E-state index < -0.39 is 29.2 Å². The predicted octanol–water partition coefficient (Wildman–Crippen LogP) is 3.18. The summed E-state index contributed by atoms with van der Waals surface area (Å²) in [5.74, 6) is -4.30. The van der Waals surface area contributed by atoms with Crippen LogP contribution in [0, 0.1) is 17.5 Å². The molecule has 1 aliphatic carbocycles. The lowest BCUT2D eigenvalue weighted by Gasteiger charge is -2.09. The first kappa shape index (κ1) is 18.1. The van der Waals surface area contributed by atoms with Crippen molar-refractivity contribution in [2.45, 2.75) is 12.5 Å². The molecule has 7 nitrogen and oxygen atoms in total. The molecule has 2 aromatic heterocycles. The van der Waals surface area contributed by atoms with Crippen molar-refractivity contribution >= 4 is 22.6 Å². The zero-order chi connectivity index (χ0) is 21.2. The molecule has 1 aliphatic rings. The highest BCUT2D eigenvalue weighted by Gasteiger charge is 2.35. The highest BCUT2D eigenvalue weighted by atomic mass is 19.2. The van der Waals surface area contributed by atoms with Crippen LogP contribution in [-0.2, 0) is 6.42 Å². The molecule has 2 heterocycles. The predicted molar refractivity (Wildman–Crippen MR) is 100 cm³/mol. The van der Waals surface area contributed by atoms with Crippen molar-refractivity contribution in [3.8, 4) is 17.0 Å². The summed E-state index contributed by atoms with van der Waals surface area (Å²) >= 11 is 0. The second-order valence-electron chi connectivity index (χ2n) is 6.93. The van der Waals surface area contributed by atoms with Crippen molar-refractivity contribution < 1.29 is 23.1 Å². The summed E-state index contributed by atoms with van der Waals surface area (Å²) in [4.78, 5) is 21.0. The molecule has 0 radical (unpaired) electrons. The Labute approximate surface area is 166 Å². The smallest absolute Gasteiger partial charge is 0.200 e. The number of nitrogens with zero attached hydrogens (tertiary/aromatic N) is 4. The lowest BCUT2D eigenvalue weighted by atomic mass is 10.1. The second-order valence-corrected chi connectivity index (χ2v) is 6.93. The summed E-state index contributed by atoms with van der Waals surface area (Å²) in [6.07, 6.45) is 1.36. The minimum absolute atomic E-state index is 0.0134. The Morgan fingerprint density at radius 1 is 1.13 bits per heavy atom. The summed E-state index contributed by atoms with van der Waals surface area (Å²) in [6, 6.07) is 4.93. The number of hydrogen-bond donors (Lipinski definition) is 2. The van der Waals surface area contributed by atoms with Gasteiger partial charge in [0.05, 0.1) is 5.39 Å². The molecule has 1 atom stereocenters. The van der Waals surface area contributed by atoms with Gasteiger partial charge < -0.3 is 10.8 Å². The second kappa shape index (κ2) is 6.28. The van der Waals surface area contributed by atoms with E-state index in [1.165, 1.54) is 29.2 Å². The van der Waals surface area contributed by atoms with Crippen LogP contribution < -0.4 is 5.73 Å². The van der Waals surface area contributed by atoms with Gasteiger partial charge in [-0.3, -0.25) is 4.79 Å². The Kier molecular flexibility index (Phi) is 3.79. The molecule has 2 aromatic carbocycles. The van der Waals surface area contributed by atoms with E-state index in [0.717, 1.165) is 12.1 Å². The number of halogens is 3. The number of ketones is 1. The van der Waals surface area contributed by atoms with Gasteiger partial charge in [0.25, 0.3) is 0 Å². The molecule has 150 valence electrons. The normalized spacial score (nSPS) is 15.7. The molecule has 1 unspecified atom stereocenters. The standard InChI is InChI=1S/C20H12F3N5O2/c21-10-1-2-11-8(3-10)5-13(18(11)30)28-20-15(19(24)25-7-26-20)17(27-28)9-4-12(22)16(23)14(29)6-9/h1-4,6-7,13,29H,5H2,(H2,24,25,26). The van der Waals surface area contributed by atoms with Crippen LogP contribution in [0.15, 0.2) is 36.7 Å². The van der Waals surface area contributed by atoms with Gasteiger partial charge in [-0.25, -0.2) is 23.4 Å². The number of carbonyl (C=O) groups excluding carboxylic acids is 1. The van der Waals surface area contributed by atoms with Gasteiger partial charge in [-0.2, -0.15) is 9.49 Å². The minimum atomic E-state index is -1.39. The fourth-order valence-electron chi connectivity index (χ4n) is 3.78. The summed E-state index contributed by atoms with van der Waals surface area (Å²) in [7, 11) is 0. The molecule has 0 spiro atoms. The zero-order valence-corrected chi connectivity index (χ0v) is 15.1. The van der Waals surface area contributed by atoms with Crippen molar-refractivity contribution in [1.82, 2.24) is 19.7 Å². The maximum Gasteiger partial charge on any atom is 0.200 e. The van der Waals surface area contributed by atoms with Gasteiger partial charge in [0.1, 0.15) is 29.7 Å². The first-order valence-corrected chi connectivity index (χ1v) is 8.85. The summed E-state index contributed by atoms with van der Waals surface area (Å²) in [5, 5.41) is 14.3. The van der Waals surface area contributed by atoms with Gasteiger partial charge in [-0.05, 0) is 35.9 Å². The van der Waals surface area contributed by atoms with Gasteiger partial charge in [0, 0.05) is 17.5 Å². The maximum absolute atomic E-state index is 13.9. The van der Waals surface area contributed by atoms with Crippen LogP contribution in [0.3, 0.4) is 0 Å². The monoisotopic (exact) mass is 411 g/mol. The molecule has 10 heteroatoms. The quantitative estimate of drug-likeness (QED) is 0.525. The molecule has 0 saturated heterocycles. The largest absolute Gasteiger partial charge is 0.505 e. The van der Waals surface area contributed by atoms with Crippen molar-refractivity contribution in [3.05, 3.63) is 65.2 Å².